The molecule has 1 amide bonds. The number of benzene rings is 1. The van der Waals surface area contributed by atoms with Gasteiger partial charge in [-0.3, -0.25) is 9.69 Å². The van der Waals surface area contributed by atoms with E-state index in [1.165, 1.54) is 11.8 Å². The minimum absolute atomic E-state index is 0.0485. The van der Waals surface area contributed by atoms with Gasteiger partial charge in [-0.1, -0.05) is 72.5 Å². The number of hydrogen-bond donors (Lipinski definition) is 0. The van der Waals surface area contributed by atoms with Crippen LogP contribution in [0, 0.1) is 0 Å². The number of thioether (sulfide) groups is 1. The first-order valence-corrected chi connectivity index (χ1v) is 7.03. The first-order valence-electron chi connectivity index (χ1n) is 5.80. The number of rotatable bonds is 4. The second-order valence-electron chi connectivity index (χ2n) is 3.87. The molecule has 0 saturated carbocycles. The van der Waals surface area contributed by atoms with E-state index in [9.17, 15) is 4.79 Å². The minimum Gasteiger partial charge on any atom is -0.289 e. The van der Waals surface area contributed by atoms with Gasteiger partial charge < -0.3 is 0 Å². The number of carbonyl (C=O) groups excluding carboxylic acids is 1. The van der Waals surface area contributed by atoms with E-state index in [4.69, 9.17) is 12.2 Å². The fraction of sp³-hybridized carbons (Fsp3) is 0.0667. The molecule has 1 aliphatic rings. The first-order chi connectivity index (χ1) is 9.22. The molecule has 0 unspecified atom stereocenters. The molecular weight excluding hydrogens is 274 g/mol. The Morgan fingerprint density at radius 3 is 2.74 bits per heavy atom. The Labute approximate surface area is 122 Å². The van der Waals surface area contributed by atoms with E-state index in [1.807, 2.05) is 42.5 Å². The highest BCUT2D eigenvalue weighted by Crippen LogP contribution is 2.30. The highest BCUT2D eigenvalue weighted by atomic mass is 32.2. The van der Waals surface area contributed by atoms with Crippen LogP contribution in [-0.4, -0.2) is 21.7 Å². The van der Waals surface area contributed by atoms with Gasteiger partial charge in [0.2, 0.25) is 0 Å². The van der Waals surface area contributed by atoms with Gasteiger partial charge in [0.1, 0.15) is 4.32 Å². The second kappa shape index (κ2) is 6.50. The number of hydrogen-bond acceptors (Lipinski definition) is 3. The highest BCUT2D eigenvalue weighted by Gasteiger charge is 2.30. The topological polar surface area (TPSA) is 20.3 Å². The normalized spacial score (nSPS) is 17.7. The molecule has 1 aliphatic heterocycles. The van der Waals surface area contributed by atoms with E-state index in [0.717, 1.165) is 5.56 Å². The molecule has 2 nitrogen and oxygen atoms in total. The Balaban J connectivity index is 2.09. The fourth-order valence-electron chi connectivity index (χ4n) is 1.61. The summed E-state index contributed by atoms with van der Waals surface area (Å²) in [6.07, 6.45) is 7.30. The third kappa shape index (κ3) is 3.43. The van der Waals surface area contributed by atoms with Crippen molar-refractivity contribution >= 4 is 40.3 Å². The molecule has 0 aliphatic carbocycles. The number of nitrogens with zero attached hydrogens (tertiary/aromatic N) is 1. The van der Waals surface area contributed by atoms with Crippen molar-refractivity contribution in [2.24, 2.45) is 0 Å². The van der Waals surface area contributed by atoms with Gasteiger partial charge in [-0.25, -0.2) is 0 Å². The number of thiocarbonyl (C=S) groups is 1. The third-order valence-corrected chi connectivity index (χ3v) is 3.92. The van der Waals surface area contributed by atoms with Crippen molar-refractivity contribution in [2.75, 3.05) is 6.54 Å². The molecule has 0 atom stereocenters. The molecule has 0 aromatic heterocycles. The molecule has 0 radical (unpaired) electrons. The SMILES string of the molecule is C=CCN1C(=O)C(=CC=Cc2ccccc2)SC1=S. The minimum atomic E-state index is -0.0485. The molecule has 0 N–H and O–H groups in total. The van der Waals surface area contributed by atoms with Gasteiger partial charge in [0.25, 0.3) is 5.91 Å². The van der Waals surface area contributed by atoms with E-state index in [0.29, 0.717) is 15.8 Å². The van der Waals surface area contributed by atoms with Gasteiger partial charge in [-0.2, -0.15) is 0 Å². The smallest absolute Gasteiger partial charge is 0.266 e. The summed E-state index contributed by atoms with van der Waals surface area (Å²) >= 11 is 6.49. The van der Waals surface area contributed by atoms with Gasteiger partial charge in [-0.15, -0.1) is 6.58 Å². The average molecular weight is 287 g/mol. The summed E-state index contributed by atoms with van der Waals surface area (Å²) in [7, 11) is 0. The van der Waals surface area contributed by atoms with Gasteiger partial charge in [0.05, 0.1) is 4.91 Å². The average Bonchev–Trinajstić information content (AvgIpc) is 2.68. The summed E-state index contributed by atoms with van der Waals surface area (Å²) in [5, 5.41) is 0. The quantitative estimate of drug-likeness (QED) is 0.479. The van der Waals surface area contributed by atoms with Crippen LogP contribution in [0.3, 0.4) is 0 Å². The Bertz CT molecular complexity index is 561. The predicted octanol–water partition coefficient (Wildman–Crippen LogP) is 3.63. The van der Waals surface area contributed by atoms with Crippen molar-refractivity contribution in [3.8, 4) is 0 Å². The van der Waals surface area contributed by atoms with E-state index < -0.39 is 0 Å². The monoisotopic (exact) mass is 287 g/mol. The van der Waals surface area contributed by atoms with Gasteiger partial charge >= 0.3 is 0 Å². The Morgan fingerprint density at radius 2 is 2.05 bits per heavy atom. The Kier molecular flexibility index (Phi) is 4.71. The zero-order chi connectivity index (χ0) is 13.7. The Hall–Kier alpha value is -1.65. The lowest BCUT2D eigenvalue weighted by atomic mass is 10.2. The molecule has 2 rings (SSSR count). The molecule has 1 heterocycles. The van der Waals surface area contributed by atoms with Crippen molar-refractivity contribution in [2.45, 2.75) is 0 Å². The molecule has 0 spiro atoms. The van der Waals surface area contributed by atoms with Crippen molar-refractivity contribution in [3.05, 3.63) is 65.6 Å². The van der Waals surface area contributed by atoms with Gasteiger partial charge in [0, 0.05) is 6.54 Å². The summed E-state index contributed by atoms with van der Waals surface area (Å²) in [5.74, 6) is -0.0485. The highest BCUT2D eigenvalue weighted by molar-refractivity contribution is 8.26. The van der Waals surface area contributed by atoms with Crippen molar-refractivity contribution in [1.82, 2.24) is 4.90 Å². The van der Waals surface area contributed by atoms with E-state index in [-0.39, 0.29) is 5.91 Å². The van der Waals surface area contributed by atoms with Crippen molar-refractivity contribution < 1.29 is 4.79 Å². The molecular formula is C15H13NOS2. The Morgan fingerprint density at radius 1 is 1.32 bits per heavy atom. The van der Waals surface area contributed by atoms with Crippen molar-refractivity contribution in [3.63, 3.8) is 0 Å². The number of amides is 1. The summed E-state index contributed by atoms with van der Waals surface area (Å²) in [4.78, 5) is 14.2. The lowest BCUT2D eigenvalue weighted by Crippen LogP contribution is -2.27. The summed E-state index contributed by atoms with van der Waals surface area (Å²) in [6.45, 7) is 4.09. The maximum atomic E-state index is 12.0. The van der Waals surface area contributed by atoms with Crippen LogP contribution < -0.4 is 0 Å². The van der Waals surface area contributed by atoms with Crippen LogP contribution in [0.25, 0.3) is 6.08 Å². The van der Waals surface area contributed by atoms with Gasteiger partial charge in [0.15, 0.2) is 0 Å². The third-order valence-electron chi connectivity index (χ3n) is 2.52. The van der Waals surface area contributed by atoms with Crippen molar-refractivity contribution in [1.29, 1.82) is 0 Å². The van der Waals surface area contributed by atoms with Gasteiger partial charge in [-0.05, 0) is 11.6 Å². The molecule has 4 heteroatoms. The summed E-state index contributed by atoms with van der Waals surface area (Å²) < 4.78 is 0.587. The molecule has 1 fully saturated rings. The summed E-state index contributed by atoms with van der Waals surface area (Å²) in [5.41, 5.74) is 1.10. The number of carbonyl (C=O) groups is 1. The number of allylic oxidation sites excluding steroid dienone is 2. The maximum absolute atomic E-state index is 12.0. The van der Waals surface area contributed by atoms with Crippen LogP contribution in [0.15, 0.2) is 60.0 Å². The molecule has 19 heavy (non-hydrogen) atoms. The molecule has 1 saturated heterocycles. The standard InChI is InChI=1S/C15H13NOS2/c1-2-11-16-14(17)13(19-15(16)18)10-6-9-12-7-4-3-5-8-12/h2-10H,1,11H2. The fourth-order valence-corrected chi connectivity index (χ4v) is 2.84. The van der Waals surface area contributed by atoms with E-state index in [1.54, 1.807) is 17.1 Å². The lowest BCUT2D eigenvalue weighted by molar-refractivity contribution is -0.121. The maximum Gasteiger partial charge on any atom is 0.266 e. The molecule has 1 aromatic rings. The largest absolute Gasteiger partial charge is 0.289 e. The van der Waals surface area contributed by atoms with Crippen LogP contribution in [0.1, 0.15) is 5.56 Å². The molecule has 1 aromatic carbocycles. The lowest BCUT2D eigenvalue weighted by Gasteiger charge is -2.10. The summed E-state index contributed by atoms with van der Waals surface area (Å²) in [6, 6.07) is 9.94. The van der Waals surface area contributed by atoms with Crippen LogP contribution in [-0.2, 0) is 4.79 Å². The molecule has 0 bridgehead atoms. The van der Waals surface area contributed by atoms with Crippen LogP contribution in [0.2, 0.25) is 0 Å². The van der Waals surface area contributed by atoms with Crippen LogP contribution in [0.5, 0.6) is 0 Å². The van der Waals surface area contributed by atoms with Crippen LogP contribution >= 0.6 is 24.0 Å². The molecule has 96 valence electrons. The van der Waals surface area contributed by atoms with Crippen LogP contribution in [0.4, 0.5) is 0 Å². The first kappa shape index (κ1) is 13.8. The predicted molar refractivity (Wildman–Crippen MR) is 85.7 cm³/mol. The van der Waals surface area contributed by atoms with E-state index >= 15 is 0 Å². The zero-order valence-electron chi connectivity index (χ0n) is 10.3. The van der Waals surface area contributed by atoms with E-state index in [2.05, 4.69) is 6.58 Å². The zero-order valence-corrected chi connectivity index (χ0v) is 11.9. The second-order valence-corrected chi connectivity index (χ2v) is 5.55.